The van der Waals surface area contributed by atoms with E-state index in [1.165, 1.54) is 0 Å². The average Bonchev–Trinajstić information content (AvgIpc) is 2.85. The van der Waals surface area contributed by atoms with Crippen molar-refractivity contribution >= 4 is 21.8 Å². The third-order valence-electron chi connectivity index (χ3n) is 3.29. The largest absolute Gasteiger partial charge is 0.484 e. The molecule has 5 heteroatoms. The SMILES string of the molecule is CNC[C@@H]1CCN(C(=O)COc2cccc(Br)c2)C1. The van der Waals surface area contributed by atoms with Gasteiger partial charge in [-0.2, -0.15) is 0 Å². The molecule has 1 heterocycles. The lowest BCUT2D eigenvalue weighted by atomic mass is 10.1. The Balaban J connectivity index is 1.79. The van der Waals surface area contributed by atoms with Gasteiger partial charge in [-0.25, -0.2) is 0 Å². The Morgan fingerprint density at radius 3 is 3.16 bits per heavy atom. The summed E-state index contributed by atoms with van der Waals surface area (Å²) in [6, 6.07) is 7.53. The van der Waals surface area contributed by atoms with Crippen molar-refractivity contribution in [3.05, 3.63) is 28.7 Å². The molecule has 19 heavy (non-hydrogen) atoms. The van der Waals surface area contributed by atoms with Crippen molar-refractivity contribution in [2.75, 3.05) is 33.3 Å². The molecule has 0 bridgehead atoms. The normalized spacial score (nSPS) is 18.6. The van der Waals surface area contributed by atoms with Crippen molar-refractivity contribution in [2.24, 2.45) is 5.92 Å². The summed E-state index contributed by atoms with van der Waals surface area (Å²) < 4.78 is 6.47. The van der Waals surface area contributed by atoms with Crippen LogP contribution in [0.5, 0.6) is 5.75 Å². The third kappa shape index (κ3) is 4.21. The first-order valence-corrected chi connectivity index (χ1v) is 7.29. The quantitative estimate of drug-likeness (QED) is 0.898. The van der Waals surface area contributed by atoms with Gasteiger partial charge in [-0.1, -0.05) is 22.0 Å². The first kappa shape index (κ1) is 14.3. The minimum absolute atomic E-state index is 0.0681. The summed E-state index contributed by atoms with van der Waals surface area (Å²) in [5.41, 5.74) is 0. The van der Waals surface area contributed by atoms with E-state index in [2.05, 4.69) is 21.2 Å². The summed E-state index contributed by atoms with van der Waals surface area (Å²) >= 11 is 3.38. The standard InChI is InChI=1S/C14H19BrN2O2/c1-16-8-11-5-6-17(9-11)14(18)10-19-13-4-2-3-12(15)7-13/h2-4,7,11,16H,5-6,8-10H2,1H3/t11-/m0/s1. The molecule has 1 saturated heterocycles. The van der Waals surface area contributed by atoms with Crippen LogP contribution in [0.4, 0.5) is 0 Å². The van der Waals surface area contributed by atoms with Gasteiger partial charge in [0.05, 0.1) is 0 Å². The van der Waals surface area contributed by atoms with Gasteiger partial charge in [0.15, 0.2) is 6.61 Å². The molecule has 0 unspecified atom stereocenters. The van der Waals surface area contributed by atoms with E-state index in [-0.39, 0.29) is 12.5 Å². The highest BCUT2D eigenvalue weighted by molar-refractivity contribution is 9.10. The maximum absolute atomic E-state index is 12.0. The van der Waals surface area contributed by atoms with Crippen LogP contribution in [0.1, 0.15) is 6.42 Å². The number of likely N-dealkylation sites (tertiary alicyclic amines) is 1. The Labute approximate surface area is 122 Å². The van der Waals surface area contributed by atoms with Crippen LogP contribution >= 0.6 is 15.9 Å². The monoisotopic (exact) mass is 326 g/mol. The summed E-state index contributed by atoms with van der Waals surface area (Å²) in [5, 5.41) is 3.16. The fraction of sp³-hybridized carbons (Fsp3) is 0.500. The summed E-state index contributed by atoms with van der Waals surface area (Å²) in [7, 11) is 1.95. The van der Waals surface area contributed by atoms with E-state index in [0.29, 0.717) is 11.7 Å². The zero-order chi connectivity index (χ0) is 13.7. The molecule has 4 nitrogen and oxygen atoms in total. The molecule has 1 atom stereocenters. The zero-order valence-corrected chi connectivity index (χ0v) is 12.6. The molecule has 1 N–H and O–H groups in total. The minimum atomic E-state index is 0.0681. The maximum atomic E-state index is 12.0. The molecule has 1 aromatic rings. The molecule has 1 aliphatic heterocycles. The second-order valence-electron chi connectivity index (χ2n) is 4.80. The minimum Gasteiger partial charge on any atom is -0.484 e. The van der Waals surface area contributed by atoms with Crippen molar-refractivity contribution < 1.29 is 9.53 Å². The van der Waals surface area contributed by atoms with Crippen LogP contribution in [0, 0.1) is 5.92 Å². The summed E-state index contributed by atoms with van der Waals surface area (Å²) in [6.07, 6.45) is 1.07. The lowest BCUT2D eigenvalue weighted by Gasteiger charge is -2.17. The first-order chi connectivity index (χ1) is 9.19. The summed E-state index contributed by atoms with van der Waals surface area (Å²) in [4.78, 5) is 13.9. The smallest absolute Gasteiger partial charge is 0.260 e. The molecule has 1 fully saturated rings. The van der Waals surface area contributed by atoms with E-state index in [0.717, 1.165) is 30.5 Å². The van der Waals surface area contributed by atoms with Crippen LogP contribution in [0.3, 0.4) is 0 Å². The van der Waals surface area contributed by atoms with Crippen molar-refractivity contribution in [1.29, 1.82) is 0 Å². The molecule has 1 aliphatic rings. The van der Waals surface area contributed by atoms with E-state index >= 15 is 0 Å². The first-order valence-electron chi connectivity index (χ1n) is 6.50. The number of hydrogen-bond acceptors (Lipinski definition) is 3. The van der Waals surface area contributed by atoms with Crippen molar-refractivity contribution in [3.8, 4) is 5.75 Å². The fourth-order valence-electron chi connectivity index (χ4n) is 2.31. The molecule has 1 aromatic carbocycles. The highest BCUT2D eigenvalue weighted by atomic mass is 79.9. The van der Waals surface area contributed by atoms with Gasteiger partial charge >= 0.3 is 0 Å². The van der Waals surface area contributed by atoms with Gasteiger partial charge in [0, 0.05) is 17.6 Å². The Morgan fingerprint density at radius 1 is 1.58 bits per heavy atom. The average molecular weight is 327 g/mol. The lowest BCUT2D eigenvalue weighted by Crippen LogP contribution is -2.34. The molecular weight excluding hydrogens is 308 g/mol. The maximum Gasteiger partial charge on any atom is 0.260 e. The summed E-state index contributed by atoms with van der Waals surface area (Å²) in [6.45, 7) is 2.76. The van der Waals surface area contributed by atoms with Gasteiger partial charge in [0.2, 0.25) is 0 Å². The molecule has 0 aromatic heterocycles. The molecular formula is C14H19BrN2O2. The number of carbonyl (C=O) groups excluding carboxylic acids is 1. The number of hydrogen-bond donors (Lipinski definition) is 1. The van der Waals surface area contributed by atoms with Gasteiger partial charge in [-0.05, 0) is 44.1 Å². The Kier molecular flexibility index (Phi) is 5.22. The number of nitrogens with zero attached hydrogens (tertiary/aromatic N) is 1. The molecule has 0 aliphatic carbocycles. The highest BCUT2D eigenvalue weighted by Crippen LogP contribution is 2.19. The van der Waals surface area contributed by atoms with Crippen LogP contribution in [0.15, 0.2) is 28.7 Å². The van der Waals surface area contributed by atoms with Crippen molar-refractivity contribution in [3.63, 3.8) is 0 Å². The predicted octanol–water partition coefficient (Wildman–Crippen LogP) is 1.90. The second kappa shape index (κ2) is 6.91. The number of nitrogens with one attached hydrogen (secondary N) is 1. The molecule has 0 radical (unpaired) electrons. The van der Waals surface area contributed by atoms with E-state index in [4.69, 9.17) is 4.74 Å². The number of ether oxygens (including phenoxy) is 1. The molecule has 2 rings (SSSR count). The Bertz CT molecular complexity index is 439. The number of amides is 1. The van der Waals surface area contributed by atoms with Gasteiger partial charge in [-0.15, -0.1) is 0 Å². The van der Waals surface area contributed by atoms with E-state index < -0.39 is 0 Å². The molecule has 0 saturated carbocycles. The second-order valence-corrected chi connectivity index (χ2v) is 5.71. The van der Waals surface area contributed by atoms with E-state index in [1.54, 1.807) is 0 Å². The number of rotatable bonds is 5. The van der Waals surface area contributed by atoms with Gasteiger partial charge in [0.1, 0.15) is 5.75 Å². The fourth-order valence-corrected chi connectivity index (χ4v) is 2.69. The van der Waals surface area contributed by atoms with Crippen LogP contribution < -0.4 is 10.1 Å². The Morgan fingerprint density at radius 2 is 2.42 bits per heavy atom. The van der Waals surface area contributed by atoms with Crippen LogP contribution in [0.2, 0.25) is 0 Å². The number of halogens is 1. The van der Waals surface area contributed by atoms with E-state index in [1.807, 2.05) is 36.2 Å². The third-order valence-corrected chi connectivity index (χ3v) is 3.78. The van der Waals surface area contributed by atoms with Crippen LogP contribution in [-0.4, -0.2) is 44.1 Å². The predicted molar refractivity (Wildman–Crippen MR) is 78.3 cm³/mol. The topological polar surface area (TPSA) is 41.6 Å². The molecule has 1 amide bonds. The number of benzene rings is 1. The van der Waals surface area contributed by atoms with Crippen molar-refractivity contribution in [2.45, 2.75) is 6.42 Å². The lowest BCUT2D eigenvalue weighted by molar-refractivity contribution is -0.132. The molecule has 0 spiro atoms. The summed E-state index contributed by atoms with van der Waals surface area (Å²) in [5.74, 6) is 1.35. The van der Waals surface area contributed by atoms with Gasteiger partial charge < -0.3 is 15.0 Å². The molecule has 104 valence electrons. The van der Waals surface area contributed by atoms with Crippen LogP contribution in [-0.2, 0) is 4.79 Å². The van der Waals surface area contributed by atoms with E-state index in [9.17, 15) is 4.79 Å². The zero-order valence-electron chi connectivity index (χ0n) is 11.1. The Hall–Kier alpha value is -1.07. The van der Waals surface area contributed by atoms with Crippen LogP contribution in [0.25, 0.3) is 0 Å². The highest BCUT2D eigenvalue weighted by Gasteiger charge is 2.25. The van der Waals surface area contributed by atoms with Gasteiger partial charge in [0.25, 0.3) is 5.91 Å². The van der Waals surface area contributed by atoms with Gasteiger partial charge in [-0.3, -0.25) is 4.79 Å². The van der Waals surface area contributed by atoms with Crippen molar-refractivity contribution in [1.82, 2.24) is 10.2 Å². The number of carbonyl (C=O) groups is 1.